The summed E-state index contributed by atoms with van der Waals surface area (Å²) in [4.78, 5) is 2.53. The van der Waals surface area contributed by atoms with E-state index in [4.69, 9.17) is 9.47 Å². The van der Waals surface area contributed by atoms with Gasteiger partial charge in [0.25, 0.3) is 0 Å². The fourth-order valence-corrected chi connectivity index (χ4v) is 2.96. The third-order valence-corrected chi connectivity index (χ3v) is 4.34. The molecule has 1 aromatic rings. The molecule has 2 atom stereocenters. The third-order valence-electron chi connectivity index (χ3n) is 4.34. The first-order valence-electron chi connectivity index (χ1n) is 7.77. The van der Waals surface area contributed by atoms with Crippen LogP contribution in [0, 0.1) is 0 Å². The number of rotatable bonds is 6. The molecule has 1 fully saturated rings. The predicted molar refractivity (Wildman–Crippen MR) is 86.2 cm³/mol. The molecule has 1 saturated heterocycles. The fourth-order valence-electron chi connectivity index (χ4n) is 2.96. The first-order valence-corrected chi connectivity index (χ1v) is 7.77. The Morgan fingerprint density at radius 3 is 2.43 bits per heavy atom. The van der Waals surface area contributed by atoms with Gasteiger partial charge in [-0.15, -0.1) is 0 Å². The Morgan fingerprint density at radius 2 is 1.86 bits per heavy atom. The summed E-state index contributed by atoms with van der Waals surface area (Å²) in [7, 11) is 3.34. The van der Waals surface area contributed by atoms with Gasteiger partial charge in [0, 0.05) is 24.7 Å². The highest BCUT2D eigenvalue weighted by atomic mass is 16.5. The molecule has 1 aliphatic heterocycles. The number of ether oxygens (including phenoxy) is 2. The van der Waals surface area contributed by atoms with Gasteiger partial charge >= 0.3 is 0 Å². The maximum Gasteiger partial charge on any atom is 0.161 e. The van der Waals surface area contributed by atoms with Gasteiger partial charge in [0.2, 0.25) is 0 Å². The van der Waals surface area contributed by atoms with Crippen LogP contribution in [0.25, 0.3) is 0 Å². The van der Waals surface area contributed by atoms with Gasteiger partial charge in [-0.2, -0.15) is 0 Å². The quantitative estimate of drug-likeness (QED) is 0.874. The van der Waals surface area contributed by atoms with E-state index in [2.05, 4.69) is 43.1 Å². The van der Waals surface area contributed by atoms with E-state index < -0.39 is 0 Å². The number of likely N-dealkylation sites (tertiary alicyclic amines) is 1. The maximum absolute atomic E-state index is 5.38. The van der Waals surface area contributed by atoms with Crippen LogP contribution in [0.3, 0.4) is 0 Å². The summed E-state index contributed by atoms with van der Waals surface area (Å²) in [5.74, 6) is 1.57. The summed E-state index contributed by atoms with van der Waals surface area (Å²) in [6.07, 6.45) is 1.22. The van der Waals surface area contributed by atoms with Gasteiger partial charge in [-0.3, -0.25) is 4.90 Å². The lowest BCUT2D eigenvalue weighted by atomic mass is 10.1. The van der Waals surface area contributed by atoms with E-state index in [0.717, 1.165) is 18.0 Å². The zero-order valence-electron chi connectivity index (χ0n) is 13.8. The fraction of sp³-hybridized carbons (Fsp3) is 0.647. The van der Waals surface area contributed by atoms with Crippen molar-refractivity contribution < 1.29 is 9.47 Å². The van der Waals surface area contributed by atoms with Crippen LogP contribution in [0.5, 0.6) is 11.5 Å². The van der Waals surface area contributed by atoms with Gasteiger partial charge in [-0.25, -0.2) is 0 Å². The van der Waals surface area contributed by atoms with Crippen LogP contribution in [0.15, 0.2) is 18.2 Å². The maximum atomic E-state index is 5.38. The van der Waals surface area contributed by atoms with Crippen LogP contribution in [0.1, 0.15) is 38.8 Å². The summed E-state index contributed by atoms with van der Waals surface area (Å²) >= 11 is 0. The van der Waals surface area contributed by atoms with Gasteiger partial charge in [0.1, 0.15) is 0 Å². The van der Waals surface area contributed by atoms with E-state index in [1.165, 1.54) is 18.5 Å². The minimum Gasteiger partial charge on any atom is -0.493 e. The van der Waals surface area contributed by atoms with Crippen molar-refractivity contribution in [3.63, 3.8) is 0 Å². The van der Waals surface area contributed by atoms with Crippen molar-refractivity contribution in [2.45, 2.75) is 45.3 Å². The summed E-state index contributed by atoms with van der Waals surface area (Å²) in [6.45, 7) is 9.06. The molecule has 0 spiro atoms. The number of hydrogen-bond acceptors (Lipinski definition) is 4. The molecule has 0 amide bonds. The zero-order valence-corrected chi connectivity index (χ0v) is 13.8. The molecular weight excluding hydrogens is 264 g/mol. The topological polar surface area (TPSA) is 33.7 Å². The van der Waals surface area contributed by atoms with Crippen molar-refractivity contribution in [3.05, 3.63) is 23.8 Å². The number of nitrogens with zero attached hydrogens (tertiary/aromatic N) is 1. The summed E-state index contributed by atoms with van der Waals surface area (Å²) in [6, 6.07) is 7.65. The minimum absolute atomic E-state index is 0.307. The van der Waals surface area contributed by atoms with E-state index in [1.807, 2.05) is 6.07 Å². The Bertz CT molecular complexity index is 462. The average molecular weight is 292 g/mol. The predicted octanol–water partition coefficient (Wildman–Crippen LogP) is 2.84. The Morgan fingerprint density at radius 1 is 1.14 bits per heavy atom. The molecule has 0 saturated carbocycles. The molecule has 1 aliphatic rings. The molecule has 4 nitrogen and oxygen atoms in total. The van der Waals surface area contributed by atoms with Gasteiger partial charge in [-0.05, 0) is 51.4 Å². The Hall–Kier alpha value is -1.26. The molecule has 21 heavy (non-hydrogen) atoms. The van der Waals surface area contributed by atoms with Crippen molar-refractivity contribution in [2.75, 3.05) is 27.3 Å². The molecule has 4 heteroatoms. The lowest BCUT2D eigenvalue weighted by Crippen LogP contribution is -2.36. The van der Waals surface area contributed by atoms with Crippen molar-refractivity contribution >= 4 is 0 Å². The summed E-state index contributed by atoms with van der Waals surface area (Å²) in [5, 5.41) is 3.73. The normalized spacial score (nSPS) is 20.8. The van der Waals surface area contributed by atoms with E-state index in [0.29, 0.717) is 18.1 Å². The summed E-state index contributed by atoms with van der Waals surface area (Å²) in [5.41, 5.74) is 1.23. The van der Waals surface area contributed by atoms with Crippen molar-refractivity contribution in [1.29, 1.82) is 0 Å². The van der Waals surface area contributed by atoms with Gasteiger partial charge in [0.15, 0.2) is 11.5 Å². The van der Waals surface area contributed by atoms with E-state index in [9.17, 15) is 0 Å². The second kappa shape index (κ2) is 7.14. The molecule has 1 aromatic carbocycles. The first kappa shape index (κ1) is 16.1. The highest BCUT2D eigenvalue weighted by molar-refractivity contribution is 5.43. The van der Waals surface area contributed by atoms with E-state index in [-0.39, 0.29) is 0 Å². The van der Waals surface area contributed by atoms with E-state index >= 15 is 0 Å². The highest BCUT2D eigenvalue weighted by Gasteiger charge is 2.25. The number of benzene rings is 1. The van der Waals surface area contributed by atoms with Crippen LogP contribution in [0.2, 0.25) is 0 Å². The van der Waals surface area contributed by atoms with Crippen LogP contribution in [-0.2, 0) is 0 Å². The second-order valence-electron chi connectivity index (χ2n) is 6.08. The SMILES string of the molecule is COc1ccc(C(C)NC2CCN(C(C)C)C2)cc1OC. The van der Waals surface area contributed by atoms with Crippen LogP contribution < -0.4 is 14.8 Å². The molecule has 0 bridgehead atoms. The smallest absolute Gasteiger partial charge is 0.161 e. The van der Waals surface area contributed by atoms with Crippen molar-refractivity contribution in [3.8, 4) is 11.5 Å². The monoisotopic (exact) mass is 292 g/mol. The van der Waals surface area contributed by atoms with Crippen LogP contribution in [-0.4, -0.2) is 44.3 Å². The molecule has 2 unspecified atom stereocenters. The molecule has 0 radical (unpaired) electrons. The molecule has 1 heterocycles. The Labute approximate surface area is 128 Å². The zero-order chi connectivity index (χ0) is 15.4. The van der Waals surface area contributed by atoms with E-state index in [1.54, 1.807) is 14.2 Å². The lowest BCUT2D eigenvalue weighted by molar-refractivity contribution is 0.266. The first-order chi connectivity index (χ1) is 10.0. The average Bonchev–Trinajstić information content (AvgIpc) is 2.95. The van der Waals surface area contributed by atoms with Gasteiger partial charge in [0.05, 0.1) is 14.2 Å². The van der Waals surface area contributed by atoms with Crippen LogP contribution in [0.4, 0.5) is 0 Å². The Kier molecular flexibility index (Phi) is 5.48. The number of methoxy groups -OCH3 is 2. The van der Waals surface area contributed by atoms with Crippen LogP contribution >= 0.6 is 0 Å². The standard InChI is InChI=1S/C17H28N2O2/c1-12(2)19-9-8-15(11-19)18-13(3)14-6-7-16(20-4)17(10-14)21-5/h6-7,10,12-13,15,18H,8-9,11H2,1-5H3. The Balaban J connectivity index is 1.99. The second-order valence-corrected chi connectivity index (χ2v) is 6.08. The summed E-state index contributed by atoms with van der Waals surface area (Å²) < 4.78 is 10.7. The molecule has 118 valence electrons. The van der Waals surface area contributed by atoms with Gasteiger partial charge in [-0.1, -0.05) is 6.07 Å². The molecule has 1 N–H and O–H groups in total. The molecule has 2 rings (SSSR count). The van der Waals surface area contributed by atoms with Crippen molar-refractivity contribution in [1.82, 2.24) is 10.2 Å². The largest absolute Gasteiger partial charge is 0.493 e. The number of nitrogens with one attached hydrogen (secondary N) is 1. The van der Waals surface area contributed by atoms with Crippen molar-refractivity contribution in [2.24, 2.45) is 0 Å². The molecule has 0 aliphatic carbocycles. The third kappa shape index (κ3) is 3.89. The molecular formula is C17H28N2O2. The van der Waals surface area contributed by atoms with Gasteiger partial charge < -0.3 is 14.8 Å². The molecule has 0 aromatic heterocycles. The highest BCUT2D eigenvalue weighted by Crippen LogP contribution is 2.30. The minimum atomic E-state index is 0.307. The number of hydrogen-bond donors (Lipinski definition) is 1. The lowest BCUT2D eigenvalue weighted by Gasteiger charge is -2.23.